The van der Waals surface area contributed by atoms with E-state index in [4.69, 9.17) is 33.2 Å². The molecule has 18 heavy (non-hydrogen) atoms. The molecule has 3 nitrogen and oxygen atoms in total. The van der Waals surface area contributed by atoms with Crippen LogP contribution in [-0.4, -0.2) is 12.6 Å². The lowest BCUT2D eigenvalue weighted by Gasteiger charge is -2.06. The quantitative estimate of drug-likeness (QED) is 0.481. The predicted molar refractivity (Wildman–Crippen MR) is 71.3 cm³/mol. The number of esters is 1. The van der Waals surface area contributed by atoms with Crippen LogP contribution in [0.5, 0.6) is 0 Å². The zero-order valence-corrected chi connectivity index (χ0v) is 11.5. The summed E-state index contributed by atoms with van der Waals surface area (Å²) in [5, 5.41) is 9.80. The molecule has 0 aliphatic rings. The SMILES string of the molecule is CCOC(=O)/C(C#N)=C(/C)c1ccc(Cl)c(Cl)c1. The highest BCUT2D eigenvalue weighted by Crippen LogP contribution is 2.27. The van der Waals surface area contributed by atoms with E-state index in [1.54, 1.807) is 32.0 Å². The highest BCUT2D eigenvalue weighted by molar-refractivity contribution is 6.42. The van der Waals surface area contributed by atoms with Crippen molar-refractivity contribution in [2.45, 2.75) is 13.8 Å². The normalized spacial score (nSPS) is 11.5. The molecule has 1 aromatic rings. The summed E-state index contributed by atoms with van der Waals surface area (Å²) in [6, 6.07) is 6.76. The molecule has 0 bridgehead atoms. The Morgan fingerprint density at radius 3 is 2.56 bits per heavy atom. The summed E-state index contributed by atoms with van der Waals surface area (Å²) in [7, 11) is 0. The molecule has 0 spiro atoms. The highest BCUT2D eigenvalue weighted by atomic mass is 35.5. The van der Waals surface area contributed by atoms with Crippen LogP contribution in [0.4, 0.5) is 0 Å². The molecule has 0 saturated heterocycles. The summed E-state index contributed by atoms with van der Waals surface area (Å²) in [5.74, 6) is -0.636. The second-order valence-corrected chi connectivity index (χ2v) is 4.28. The van der Waals surface area contributed by atoms with Crippen molar-refractivity contribution >= 4 is 34.7 Å². The van der Waals surface area contributed by atoms with Crippen molar-refractivity contribution < 1.29 is 9.53 Å². The van der Waals surface area contributed by atoms with Gasteiger partial charge < -0.3 is 4.74 Å². The summed E-state index contributed by atoms with van der Waals surface area (Å²) in [6.45, 7) is 3.56. The van der Waals surface area contributed by atoms with Gasteiger partial charge in [0.25, 0.3) is 0 Å². The maximum atomic E-state index is 11.6. The van der Waals surface area contributed by atoms with Crippen LogP contribution in [-0.2, 0) is 9.53 Å². The fraction of sp³-hybridized carbons (Fsp3) is 0.231. The minimum absolute atomic E-state index is 0.0322. The van der Waals surface area contributed by atoms with Gasteiger partial charge in [0.05, 0.1) is 16.7 Å². The fourth-order valence-corrected chi connectivity index (χ4v) is 1.66. The van der Waals surface area contributed by atoms with Gasteiger partial charge in [-0.15, -0.1) is 0 Å². The zero-order chi connectivity index (χ0) is 13.7. The second kappa shape index (κ2) is 6.44. The van der Waals surface area contributed by atoms with E-state index < -0.39 is 5.97 Å². The van der Waals surface area contributed by atoms with Gasteiger partial charge in [0.15, 0.2) is 0 Å². The Morgan fingerprint density at radius 2 is 2.06 bits per heavy atom. The van der Waals surface area contributed by atoms with Crippen LogP contribution in [0.2, 0.25) is 10.0 Å². The molecule has 1 aromatic carbocycles. The average molecular weight is 284 g/mol. The third kappa shape index (κ3) is 3.25. The topological polar surface area (TPSA) is 50.1 Å². The molecule has 0 heterocycles. The summed E-state index contributed by atoms with van der Waals surface area (Å²) < 4.78 is 4.81. The lowest BCUT2D eigenvalue weighted by Crippen LogP contribution is -2.08. The summed E-state index contributed by atoms with van der Waals surface area (Å²) in [4.78, 5) is 11.6. The van der Waals surface area contributed by atoms with Crippen molar-refractivity contribution in [2.75, 3.05) is 6.61 Å². The van der Waals surface area contributed by atoms with Gasteiger partial charge in [0.1, 0.15) is 11.6 Å². The van der Waals surface area contributed by atoms with E-state index in [2.05, 4.69) is 0 Å². The number of hydrogen-bond donors (Lipinski definition) is 0. The number of halogens is 2. The summed E-state index contributed by atoms with van der Waals surface area (Å²) in [6.07, 6.45) is 0. The van der Waals surface area contributed by atoms with E-state index in [0.29, 0.717) is 21.2 Å². The number of carbonyl (C=O) groups is 1. The number of nitrogens with zero attached hydrogens (tertiary/aromatic N) is 1. The molecule has 0 aromatic heterocycles. The first-order valence-corrected chi connectivity index (χ1v) is 6.00. The molecule has 5 heteroatoms. The molecule has 0 atom stereocenters. The maximum absolute atomic E-state index is 11.6. The monoisotopic (exact) mass is 283 g/mol. The molecule has 0 radical (unpaired) electrons. The van der Waals surface area contributed by atoms with E-state index in [1.807, 2.05) is 6.07 Å². The third-order valence-corrected chi connectivity index (χ3v) is 3.06. The maximum Gasteiger partial charge on any atom is 0.349 e. The van der Waals surface area contributed by atoms with Crippen LogP contribution >= 0.6 is 23.2 Å². The van der Waals surface area contributed by atoms with Crippen LogP contribution in [0, 0.1) is 11.3 Å². The van der Waals surface area contributed by atoms with Gasteiger partial charge >= 0.3 is 5.97 Å². The van der Waals surface area contributed by atoms with Crippen molar-refractivity contribution in [3.63, 3.8) is 0 Å². The van der Waals surface area contributed by atoms with E-state index in [0.717, 1.165) is 0 Å². The molecule has 0 unspecified atom stereocenters. The van der Waals surface area contributed by atoms with E-state index in [-0.39, 0.29) is 12.2 Å². The van der Waals surface area contributed by atoms with Crippen LogP contribution in [0.15, 0.2) is 23.8 Å². The van der Waals surface area contributed by atoms with Crippen molar-refractivity contribution in [3.05, 3.63) is 39.4 Å². The van der Waals surface area contributed by atoms with Crippen LogP contribution < -0.4 is 0 Å². The molecule has 0 amide bonds. The summed E-state index contributed by atoms with van der Waals surface area (Å²) in [5.41, 5.74) is 1.14. The second-order valence-electron chi connectivity index (χ2n) is 3.46. The largest absolute Gasteiger partial charge is 0.462 e. The van der Waals surface area contributed by atoms with Crippen LogP contribution in [0.3, 0.4) is 0 Å². The van der Waals surface area contributed by atoms with Crippen molar-refractivity contribution in [2.24, 2.45) is 0 Å². The zero-order valence-electron chi connectivity index (χ0n) is 9.96. The van der Waals surface area contributed by atoms with Crippen molar-refractivity contribution in [1.29, 1.82) is 5.26 Å². The van der Waals surface area contributed by atoms with Crippen molar-refractivity contribution in [3.8, 4) is 6.07 Å². The minimum Gasteiger partial charge on any atom is -0.462 e. The number of allylic oxidation sites excluding steroid dienone is 1. The number of benzene rings is 1. The molecule has 0 N–H and O–H groups in total. The molecule has 0 fully saturated rings. The van der Waals surface area contributed by atoms with Gasteiger partial charge in [-0.05, 0) is 37.1 Å². The standard InChI is InChI=1S/C13H11Cl2NO2/c1-3-18-13(17)10(7-16)8(2)9-4-5-11(14)12(15)6-9/h4-6H,3H2,1-2H3/b10-8-. The van der Waals surface area contributed by atoms with Gasteiger partial charge in [0, 0.05) is 0 Å². The van der Waals surface area contributed by atoms with Gasteiger partial charge in [-0.1, -0.05) is 29.3 Å². The van der Waals surface area contributed by atoms with E-state index in [1.165, 1.54) is 0 Å². The van der Waals surface area contributed by atoms with Crippen LogP contribution in [0.25, 0.3) is 5.57 Å². The van der Waals surface area contributed by atoms with Gasteiger partial charge in [0.2, 0.25) is 0 Å². The third-order valence-electron chi connectivity index (χ3n) is 2.32. The highest BCUT2D eigenvalue weighted by Gasteiger charge is 2.15. The Morgan fingerprint density at radius 1 is 1.39 bits per heavy atom. The smallest absolute Gasteiger partial charge is 0.349 e. The molecule has 0 aliphatic carbocycles. The lowest BCUT2D eigenvalue weighted by molar-refractivity contribution is -0.137. The molecule has 94 valence electrons. The average Bonchev–Trinajstić information content (AvgIpc) is 2.33. The van der Waals surface area contributed by atoms with Crippen molar-refractivity contribution in [1.82, 2.24) is 0 Å². The Kier molecular flexibility index (Phi) is 5.21. The first kappa shape index (κ1) is 14.6. The van der Waals surface area contributed by atoms with Gasteiger partial charge in [-0.3, -0.25) is 0 Å². The first-order chi connectivity index (χ1) is 8.51. The molecular weight excluding hydrogens is 273 g/mol. The number of ether oxygens (including phenoxy) is 1. The van der Waals surface area contributed by atoms with Gasteiger partial charge in [-0.2, -0.15) is 5.26 Å². The number of rotatable bonds is 3. The number of carbonyl (C=O) groups excluding carboxylic acids is 1. The number of nitriles is 1. The Labute approximate surface area is 116 Å². The Balaban J connectivity index is 3.23. The summed E-state index contributed by atoms with van der Waals surface area (Å²) >= 11 is 11.7. The molecule has 1 rings (SSSR count). The molecule has 0 aliphatic heterocycles. The lowest BCUT2D eigenvalue weighted by atomic mass is 10.0. The Bertz CT molecular complexity index is 544. The minimum atomic E-state index is -0.636. The van der Waals surface area contributed by atoms with E-state index >= 15 is 0 Å². The molecular formula is C13H11Cl2NO2. The van der Waals surface area contributed by atoms with Gasteiger partial charge in [-0.25, -0.2) is 4.79 Å². The predicted octanol–water partition coefficient (Wildman–Crippen LogP) is 3.85. The Hall–Kier alpha value is -1.50. The fourth-order valence-electron chi connectivity index (χ4n) is 1.36. The van der Waals surface area contributed by atoms with Crippen LogP contribution in [0.1, 0.15) is 19.4 Å². The first-order valence-electron chi connectivity index (χ1n) is 5.24. The van der Waals surface area contributed by atoms with E-state index in [9.17, 15) is 4.79 Å². The molecule has 0 saturated carbocycles. The number of hydrogen-bond acceptors (Lipinski definition) is 3.